The summed E-state index contributed by atoms with van der Waals surface area (Å²) in [5.41, 5.74) is 5.21. The molecule has 0 aliphatic carbocycles. The van der Waals surface area contributed by atoms with Crippen LogP contribution in [0.3, 0.4) is 0 Å². The Morgan fingerprint density at radius 1 is 1.00 bits per heavy atom. The lowest BCUT2D eigenvalue weighted by Gasteiger charge is -2.11. The van der Waals surface area contributed by atoms with E-state index in [2.05, 4.69) is 31.5 Å². The zero-order valence-corrected chi connectivity index (χ0v) is 15.6. The predicted octanol–water partition coefficient (Wildman–Crippen LogP) is 5.46. The summed E-state index contributed by atoms with van der Waals surface area (Å²) in [6.07, 6.45) is 3.26. The Bertz CT molecular complexity index is 924. The third kappa shape index (κ3) is 4.45. The molecule has 0 saturated carbocycles. The molecule has 0 aliphatic rings. The van der Waals surface area contributed by atoms with Crippen molar-refractivity contribution >= 4 is 38.9 Å². The van der Waals surface area contributed by atoms with Crippen LogP contribution in [0.15, 0.2) is 65.4 Å². The molecule has 0 fully saturated rings. The van der Waals surface area contributed by atoms with E-state index >= 15 is 0 Å². The summed E-state index contributed by atoms with van der Waals surface area (Å²) in [5, 5.41) is 6.20. The van der Waals surface area contributed by atoms with Crippen LogP contribution in [0, 0.1) is 13.8 Å². The Hall–Kier alpha value is -2.66. The number of carbonyl (C=O) groups is 1. The summed E-state index contributed by atoms with van der Waals surface area (Å²) < 4.78 is 1.03. The number of amides is 1. The van der Waals surface area contributed by atoms with E-state index in [1.54, 1.807) is 18.5 Å². The standard InChI is InChI=1S/C20H18BrN3O/c1-13-4-3-5-17(8-13)24-20(25)15-10-18(12-22-11-15)23-19-7-6-16(21)9-14(19)2/h3-12,23H,1-2H3,(H,24,25). The van der Waals surface area contributed by atoms with Gasteiger partial charge in [0.05, 0.1) is 17.4 Å². The first-order valence-electron chi connectivity index (χ1n) is 7.87. The first-order chi connectivity index (χ1) is 12.0. The molecule has 0 atom stereocenters. The zero-order chi connectivity index (χ0) is 17.8. The van der Waals surface area contributed by atoms with Crippen molar-refractivity contribution in [3.8, 4) is 0 Å². The highest BCUT2D eigenvalue weighted by Gasteiger charge is 2.08. The number of pyridine rings is 1. The van der Waals surface area contributed by atoms with E-state index in [-0.39, 0.29) is 5.91 Å². The molecule has 5 heteroatoms. The average molecular weight is 396 g/mol. The first kappa shape index (κ1) is 17.2. The lowest BCUT2D eigenvalue weighted by molar-refractivity contribution is 0.102. The van der Waals surface area contributed by atoms with Crippen molar-refractivity contribution in [2.45, 2.75) is 13.8 Å². The third-order valence-electron chi connectivity index (χ3n) is 3.74. The molecule has 126 valence electrons. The number of nitrogens with one attached hydrogen (secondary N) is 2. The lowest BCUT2D eigenvalue weighted by Crippen LogP contribution is -2.12. The minimum atomic E-state index is -0.186. The van der Waals surface area contributed by atoms with Crippen molar-refractivity contribution in [2.24, 2.45) is 0 Å². The minimum Gasteiger partial charge on any atom is -0.354 e. The van der Waals surface area contributed by atoms with Crippen molar-refractivity contribution in [1.29, 1.82) is 0 Å². The summed E-state index contributed by atoms with van der Waals surface area (Å²) in [6.45, 7) is 4.01. The number of benzene rings is 2. The van der Waals surface area contributed by atoms with Gasteiger partial charge in [-0.05, 0) is 61.4 Å². The van der Waals surface area contributed by atoms with Gasteiger partial charge in [0.15, 0.2) is 0 Å². The Morgan fingerprint density at radius 3 is 2.60 bits per heavy atom. The van der Waals surface area contributed by atoms with Crippen molar-refractivity contribution in [2.75, 3.05) is 10.6 Å². The smallest absolute Gasteiger partial charge is 0.257 e. The van der Waals surface area contributed by atoms with Gasteiger partial charge in [0.2, 0.25) is 0 Å². The van der Waals surface area contributed by atoms with E-state index in [1.807, 2.05) is 56.3 Å². The molecule has 25 heavy (non-hydrogen) atoms. The van der Waals surface area contributed by atoms with Crippen LogP contribution in [-0.4, -0.2) is 10.9 Å². The Balaban J connectivity index is 1.77. The quantitative estimate of drug-likeness (QED) is 0.616. The summed E-state index contributed by atoms with van der Waals surface area (Å²) in [6, 6.07) is 15.5. The first-order valence-corrected chi connectivity index (χ1v) is 8.67. The number of rotatable bonds is 4. The van der Waals surface area contributed by atoms with Crippen LogP contribution in [-0.2, 0) is 0 Å². The molecule has 0 unspecified atom stereocenters. The fraction of sp³-hybridized carbons (Fsp3) is 0.100. The van der Waals surface area contributed by atoms with Crippen molar-refractivity contribution < 1.29 is 4.79 Å². The molecule has 1 aromatic heterocycles. The number of aryl methyl sites for hydroxylation is 2. The van der Waals surface area contributed by atoms with Crippen LogP contribution in [0.5, 0.6) is 0 Å². The van der Waals surface area contributed by atoms with Gasteiger partial charge in [-0.15, -0.1) is 0 Å². The van der Waals surface area contributed by atoms with Crippen LogP contribution < -0.4 is 10.6 Å². The molecule has 1 amide bonds. The second-order valence-corrected chi connectivity index (χ2v) is 6.79. The number of nitrogens with zero attached hydrogens (tertiary/aromatic N) is 1. The van der Waals surface area contributed by atoms with E-state index < -0.39 is 0 Å². The minimum absolute atomic E-state index is 0.186. The van der Waals surface area contributed by atoms with Gasteiger partial charge in [0, 0.05) is 22.0 Å². The van der Waals surface area contributed by atoms with Gasteiger partial charge in [-0.25, -0.2) is 0 Å². The zero-order valence-electron chi connectivity index (χ0n) is 14.0. The number of carbonyl (C=O) groups excluding carboxylic acids is 1. The number of anilines is 3. The highest BCUT2D eigenvalue weighted by Crippen LogP contribution is 2.24. The van der Waals surface area contributed by atoms with E-state index in [4.69, 9.17) is 0 Å². The average Bonchev–Trinajstić information content (AvgIpc) is 2.58. The maximum atomic E-state index is 12.5. The van der Waals surface area contributed by atoms with Gasteiger partial charge in [0.1, 0.15) is 0 Å². The van der Waals surface area contributed by atoms with E-state index in [0.29, 0.717) is 5.56 Å². The molecule has 2 N–H and O–H groups in total. The number of halogens is 1. The summed E-state index contributed by atoms with van der Waals surface area (Å²) in [5.74, 6) is -0.186. The fourth-order valence-corrected chi connectivity index (χ4v) is 2.96. The van der Waals surface area contributed by atoms with Crippen molar-refractivity contribution in [3.63, 3.8) is 0 Å². The Labute approximate surface area is 155 Å². The van der Waals surface area contributed by atoms with Crippen LogP contribution in [0.1, 0.15) is 21.5 Å². The van der Waals surface area contributed by atoms with Gasteiger partial charge >= 0.3 is 0 Å². The van der Waals surface area contributed by atoms with Crippen molar-refractivity contribution in [3.05, 3.63) is 82.1 Å². The number of aromatic nitrogens is 1. The second-order valence-electron chi connectivity index (χ2n) is 5.87. The normalized spacial score (nSPS) is 10.4. The van der Waals surface area contributed by atoms with E-state index in [0.717, 1.165) is 32.7 Å². The van der Waals surface area contributed by atoms with Gasteiger partial charge < -0.3 is 10.6 Å². The van der Waals surface area contributed by atoms with E-state index in [9.17, 15) is 4.79 Å². The Morgan fingerprint density at radius 2 is 1.84 bits per heavy atom. The van der Waals surface area contributed by atoms with Gasteiger partial charge in [0.25, 0.3) is 5.91 Å². The van der Waals surface area contributed by atoms with Crippen LogP contribution >= 0.6 is 15.9 Å². The molecule has 0 radical (unpaired) electrons. The number of hydrogen-bond acceptors (Lipinski definition) is 3. The molecule has 0 spiro atoms. The third-order valence-corrected chi connectivity index (χ3v) is 4.24. The van der Waals surface area contributed by atoms with Gasteiger partial charge in [-0.1, -0.05) is 28.1 Å². The molecule has 4 nitrogen and oxygen atoms in total. The second kappa shape index (κ2) is 7.49. The molecule has 0 bridgehead atoms. The van der Waals surface area contributed by atoms with Gasteiger partial charge in [-0.3, -0.25) is 9.78 Å². The highest BCUT2D eigenvalue weighted by molar-refractivity contribution is 9.10. The van der Waals surface area contributed by atoms with Crippen LogP contribution in [0.4, 0.5) is 17.1 Å². The maximum absolute atomic E-state index is 12.5. The molecule has 3 aromatic rings. The summed E-state index contributed by atoms with van der Waals surface area (Å²) >= 11 is 3.46. The Kier molecular flexibility index (Phi) is 5.14. The predicted molar refractivity (Wildman–Crippen MR) is 106 cm³/mol. The lowest BCUT2D eigenvalue weighted by atomic mass is 10.2. The number of hydrogen-bond donors (Lipinski definition) is 2. The molecule has 0 saturated heterocycles. The fourth-order valence-electron chi connectivity index (χ4n) is 2.48. The van der Waals surface area contributed by atoms with Crippen LogP contribution in [0.25, 0.3) is 0 Å². The van der Waals surface area contributed by atoms with Crippen LogP contribution in [0.2, 0.25) is 0 Å². The molecular weight excluding hydrogens is 378 g/mol. The monoisotopic (exact) mass is 395 g/mol. The topological polar surface area (TPSA) is 54.0 Å². The largest absolute Gasteiger partial charge is 0.354 e. The molecule has 2 aromatic carbocycles. The van der Waals surface area contributed by atoms with Crippen molar-refractivity contribution in [1.82, 2.24) is 4.98 Å². The summed E-state index contributed by atoms with van der Waals surface area (Å²) in [7, 11) is 0. The maximum Gasteiger partial charge on any atom is 0.257 e. The summed E-state index contributed by atoms with van der Waals surface area (Å²) in [4.78, 5) is 16.6. The molecule has 1 heterocycles. The van der Waals surface area contributed by atoms with Gasteiger partial charge in [-0.2, -0.15) is 0 Å². The molecular formula is C20H18BrN3O. The molecule has 3 rings (SSSR count). The highest BCUT2D eigenvalue weighted by atomic mass is 79.9. The SMILES string of the molecule is Cc1cccc(NC(=O)c2cncc(Nc3ccc(Br)cc3C)c2)c1. The van der Waals surface area contributed by atoms with E-state index in [1.165, 1.54) is 0 Å². The molecule has 0 aliphatic heterocycles.